The first-order valence-corrected chi connectivity index (χ1v) is 9.89. The van der Waals surface area contributed by atoms with Gasteiger partial charge >= 0.3 is 12.0 Å². The number of thiazole rings is 1. The number of imide groups is 1. The number of anilines is 2. The summed E-state index contributed by atoms with van der Waals surface area (Å²) < 4.78 is 4.91. The number of rotatable bonds is 6. The largest absolute Gasteiger partial charge is 0.451 e. The fourth-order valence-electron chi connectivity index (χ4n) is 2.81. The van der Waals surface area contributed by atoms with Crippen molar-refractivity contribution in [3.8, 4) is 0 Å². The Bertz CT molecular complexity index is 820. The van der Waals surface area contributed by atoms with Gasteiger partial charge in [0, 0.05) is 17.6 Å². The van der Waals surface area contributed by atoms with Gasteiger partial charge < -0.3 is 15.4 Å². The summed E-state index contributed by atoms with van der Waals surface area (Å²) in [6.07, 6.45) is 6.77. The Hall–Kier alpha value is -3.01. The number of aromatic nitrogens is 2. The molecule has 1 fully saturated rings. The van der Waals surface area contributed by atoms with Crippen LogP contribution in [0.2, 0.25) is 0 Å². The van der Waals surface area contributed by atoms with Crippen molar-refractivity contribution >= 4 is 40.2 Å². The first-order valence-electron chi connectivity index (χ1n) is 9.01. The molecule has 0 unspecified atom stereocenters. The molecule has 1 aliphatic rings. The van der Waals surface area contributed by atoms with Gasteiger partial charge in [0.2, 0.25) is 0 Å². The molecule has 3 rings (SSSR count). The molecule has 2 aromatic heterocycles. The van der Waals surface area contributed by atoms with E-state index in [-0.39, 0.29) is 11.7 Å². The number of hydrogen-bond acceptors (Lipinski definition) is 8. The maximum atomic E-state index is 12.0. The highest BCUT2D eigenvalue weighted by molar-refractivity contribution is 7.14. The molecule has 10 heteroatoms. The van der Waals surface area contributed by atoms with Crippen LogP contribution in [-0.2, 0) is 9.53 Å². The lowest BCUT2D eigenvalue weighted by atomic mass is 9.96. The number of carbonyl (C=O) groups is 3. The highest BCUT2D eigenvalue weighted by atomic mass is 32.1. The molecule has 0 atom stereocenters. The second-order valence-corrected chi connectivity index (χ2v) is 7.17. The number of nitrogens with one attached hydrogen (secondary N) is 3. The number of esters is 1. The molecule has 3 amide bonds. The summed E-state index contributed by atoms with van der Waals surface area (Å²) in [5, 5.41) is 9.88. The molecule has 0 saturated heterocycles. The Kier molecular flexibility index (Phi) is 6.90. The summed E-state index contributed by atoms with van der Waals surface area (Å²) in [4.78, 5) is 43.8. The summed E-state index contributed by atoms with van der Waals surface area (Å²) >= 11 is 1.21. The molecule has 1 saturated carbocycles. The molecule has 2 heterocycles. The van der Waals surface area contributed by atoms with Gasteiger partial charge in [-0.05, 0) is 25.0 Å². The summed E-state index contributed by atoms with van der Waals surface area (Å²) in [7, 11) is 0. The first-order chi connectivity index (χ1) is 13.6. The standard InChI is InChI=1S/C18H21N5O4S/c24-15(23-17(26)20-12-6-2-1-3-7-12)10-27-16(25)13-11-28-18(21-13)22-14-8-4-5-9-19-14/h4-5,8-9,11-12H,1-3,6-7,10H2,(H,19,21,22)(H2,20,23,24,26). The second-order valence-electron chi connectivity index (χ2n) is 6.31. The van der Waals surface area contributed by atoms with Gasteiger partial charge in [0.1, 0.15) is 5.82 Å². The average molecular weight is 403 g/mol. The number of pyridine rings is 1. The van der Waals surface area contributed by atoms with Gasteiger partial charge in [0.25, 0.3) is 5.91 Å². The van der Waals surface area contributed by atoms with E-state index >= 15 is 0 Å². The molecular formula is C18H21N5O4S. The van der Waals surface area contributed by atoms with E-state index in [0.29, 0.717) is 10.9 Å². The van der Waals surface area contributed by atoms with Crippen molar-refractivity contribution in [3.05, 3.63) is 35.5 Å². The molecule has 9 nitrogen and oxygen atoms in total. The third-order valence-corrected chi connectivity index (χ3v) is 4.90. The van der Waals surface area contributed by atoms with Crippen molar-refractivity contribution in [1.82, 2.24) is 20.6 Å². The number of urea groups is 1. The quantitative estimate of drug-likeness (QED) is 0.634. The van der Waals surface area contributed by atoms with E-state index in [2.05, 4.69) is 25.9 Å². The Balaban J connectivity index is 1.41. The fourth-order valence-corrected chi connectivity index (χ4v) is 3.49. The lowest BCUT2D eigenvalue weighted by molar-refractivity contribution is -0.123. The van der Waals surface area contributed by atoms with E-state index in [1.165, 1.54) is 23.1 Å². The normalized spacial score (nSPS) is 14.1. The second kappa shape index (κ2) is 9.79. The van der Waals surface area contributed by atoms with Crippen LogP contribution in [0.3, 0.4) is 0 Å². The first kappa shape index (κ1) is 19.7. The van der Waals surface area contributed by atoms with Crippen LogP contribution in [0.1, 0.15) is 42.6 Å². The highest BCUT2D eigenvalue weighted by Crippen LogP contribution is 2.20. The van der Waals surface area contributed by atoms with Gasteiger partial charge in [-0.3, -0.25) is 10.1 Å². The molecule has 0 radical (unpaired) electrons. The third-order valence-electron chi connectivity index (χ3n) is 4.14. The Labute approximate surface area is 165 Å². The van der Waals surface area contributed by atoms with Crippen molar-refractivity contribution in [1.29, 1.82) is 0 Å². The zero-order chi connectivity index (χ0) is 19.8. The zero-order valence-corrected chi connectivity index (χ0v) is 16.0. The van der Waals surface area contributed by atoms with Crippen molar-refractivity contribution < 1.29 is 19.1 Å². The van der Waals surface area contributed by atoms with E-state index in [4.69, 9.17) is 4.74 Å². The molecule has 148 valence electrons. The van der Waals surface area contributed by atoms with Gasteiger partial charge in [-0.1, -0.05) is 25.3 Å². The van der Waals surface area contributed by atoms with Crippen LogP contribution in [0.5, 0.6) is 0 Å². The summed E-state index contributed by atoms with van der Waals surface area (Å²) in [5.41, 5.74) is 0.0721. The van der Waals surface area contributed by atoms with Gasteiger partial charge in [-0.2, -0.15) is 0 Å². The summed E-state index contributed by atoms with van der Waals surface area (Å²) in [5.74, 6) is -0.836. The van der Waals surface area contributed by atoms with Gasteiger partial charge in [0.05, 0.1) is 0 Å². The van der Waals surface area contributed by atoms with Crippen molar-refractivity contribution in [2.24, 2.45) is 0 Å². The van der Waals surface area contributed by atoms with E-state index < -0.39 is 24.5 Å². The smallest absolute Gasteiger partial charge is 0.358 e. The minimum absolute atomic E-state index is 0.0721. The molecule has 0 spiro atoms. The van der Waals surface area contributed by atoms with E-state index in [9.17, 15) is 14.4 Å². The SMILES string of the molecule is O=C(COC(=O)c1csc(Nc2ccccn2)n1)NC(=O)NC1CCCCC1. The number of ether oxygens (including phenoxy) is 1. The number of carbonyl (C=O) groups excluding carboxylic acids is 3. The molecule has 0 aromatic carbocycles. The lowest BCUT2D eigenvalue weighted by Crippen LogP contribution is -2.46. The van der Waals surface area contributed by atoms with E-state index in [0.717, 1.165) is 25.7 Å². The van der Waals surface area contributed by atoms with Gasteiger partial charge in [-0.25, -0.2) is 19.6 Å². The lowest BCUT2D eigenvalue weighted by Gasteiger charge is -2.22. The molecule has 28 heavy (non-hydrogen) atoms. The number of amides is 3. The highest BCUT2D eigenvalue weighted by Gasteiger charge is 2.18. The van der Waals surface area contributed by atoms with Crippen LogP contribution in [0.25, 0.3) is 0 Å². The van der Waals surface area contributed by atoms with Gasteiger partial charge in [-0.15, -0.1) is 11.3 Å². The van der Waals surface area contributed by atoms with Crippen molar-refractivity contribution in [2.45, 2.75) is 38.1 Å². The number of hydrogen-bond donors (Lipinski definition) is 3. The molecule has 3 N–H and O–H groups in total. The molecule has 0 aliphatic heterocycles. The van der Waals surface area contributed by atoms with Gasteiger partial charge in [0.15, 0.2) is 17.4 Å². The molecule has 2 aromatic rings. The maximum Gasteiger partial charge on any atom is 0.358 e. The molecule has 1 aliphatic carbocycles. The van der Waals surface area contributed by atoms with Crippen LogP contribution < -0.4 is 16.0 Å². The van der Waals surface area contributed by atoms with Crippen LogP contribution in [0.4, 0.5) is 15.7 Å². The van der Waals surface area contributed by atoms with Crippen LogP contribution >= 0.6 is 11.3 Å². The minimum atomic E-state index is -0.742. The van der Waals surface area contributed by atoms with Crippen LogP contribution in [0, 0.1) is 0 Å². The third kappa shape index (κ3) is 6.02. The molecule has 0 bridgehead atoms. The van der Waals surface area contributed by atoms with Crippen LogP contribution in [-0.4, -0.2) is 40.5 Å². The predicted molar refractivity (Wildman–Crippen MR) is 103 cm³/mol. The topological polar surface area (TPSA) is 122 Å². The van der Waals surface area contributed by atoms with Crippen LogP contribution in [0.15, 0.2) is 29.8 Å². The number of nitrogens with zero attached hydrogens (tertiary/aromatic N) is 2. The van der Waals surface area contributed by atoms with Crippen molar-refractivity contribution in [2.75, 3.05) is 11.9 Å². The van der Waals surface area contributed by atoms with E-state index in [1.54, 1.807) is 18.3 Å². The maximum absolute atomic E-state index is 12.0. The summed E-state index contributed by atoms with van der Waals surface area (Å²) in [6.45, 7) is -0.558. The predicted octanol–water partition coefficient (Wildman–Crippen LogP) is 2.60. The monoisotopic (exact) mass is 403 g/mol. The van der Waals surface area contributed by atoms with Crippen molar-refractivity contribution in [3.63, 3.8) is 0 Å². The van der Waals surface area contributed by atoms with E-state index in [1.807, 2.05) is 6.07 Å². The Morgan fingerprint density at radius 3 is 2.75 bits per heavy atom. The fraction of sp³-hybridized carbons (Fsp3) is 0.389. The zero-order valence-electron chi connectivity index (χ0n) is 15.1. The molecular weight excluding hydrogens is 382 g/mol. The summed E-state index contributed by atoms with van der Waals surface area (Å²) in [6, 6.07) is 4.90. The minimum Gasteiger partial charge on any atom is -0.451 e. The Morgan fingerprint density at radius 2 is 2.00 bits per heavy atom. The average Bonchev–Trinajstić information content (AvgIpc) is 3.16. The Morgan fingerprint density at radius 1 is 1.18 bits per heavy atom.